The third-order valence-corrected chi connectivity index (χ3v) is 3.43. The van der Waals surface area contributed by atoms with Crippen LogP contribution >= 0.6 is 11.8 Å². The van der Waals surface area contributed by atoms with Crippen molar-refractivity contribution < 1.29 is 4.79 Å². The molecule has 0 radical (unpaired) electrons. The zero-order valence-corrected chi connectivity index (χ0v) is 10.5. The number of nitrogens with zero attached hydrogens (tertiary/aromatic N) is 1. The first kappa shape index (κ1) is 12.0. The van der Waals surface area contributed by atoms with Crippen LogP contribution in [0.2, 0.25) is 0 Å². The molecule has 1 unspecified atom stereocenters. The van der Waals surface area contributed by atoms with Gasteiger partial charge in [-0.25, -0.2) is 0 Å². The molecule has 1 aliphatic heterocycles. The highest BCUT2D eigenvalue weighted by atomic mass is 32.2. The highest BCUT2D eigenvalue weighted by Crippen LogP contribution is 2.20. The SMILES string of the molecule is CC1CCSC(Nc2cccc(C(N)=O)c2)=N1. The van der Waals surface area contributed by atoms with Crippen molar-refractivity contribution in [3.05, 3.63) is 29.8 Å². The maximum atomic E-state index is 11.1. The molecular formula is C12H15N3OS. The number of aliphatic imine (C=N–C) groups is 1. The molecule has 0 saturated carbocycles. The molecule has 0 aliphatic carbocycles. The fraction of sp³-hybridized carbons (Fsp3) is 0.333. The van der Waals surface area contributed by atoms with Gasteiger partial charge in [0, 0.05) is 17.0 Å². The van der Waals surface area contributed by atoms with Crippen LogP contribution in [0, 0.1) is 0 Å². The number of anilines is 1. The Kier molecular flexibility index (Phi) is 3.68. The number of nitrogens with two attached hydrogens (primary N) is 1. The lowest BCUT2D eigenvalue weighted by Gasteiger charge is -2.17. The number of benzene rings is 1. The lowest BCUT2D eigenvalue weighted by molar-refractivity contribution is 0.100. The minimum atomic E-state index is -0.416. The molecular weight excluding hydrogens is 234 g/mol. The molecule has 5 heteroatoms. The maximum absolute atomic E-state index is 11.1. The predicted molar refractivity (Wildman–Crippen MR) is 72.6 cm³/mol. The maximum Gasteiger partial charge on any atom is 0.248 e. The highest BCUT2D eigenvalue weighted by molar-refractivity contribution is 8.14. The summed E-state index contributed by atoms with van der Waals surface area (Å²) in [5.74, 6) is 0.656. The summed E-state index contributed by atoms with van der Waals surface area (Å²) in [6.07, 6.45) is 1.11. The van der Waals surface area contributed by atoms with Crippen LogP contribution in [0.4, 0.5) is 5.69 Å². The zero-order chi connectivity index (χ0) is 12.3. The van der Waals surface area contributed by atoms with Crippen molar-refractivity contribution in [2.75, 3.05) is 11.1 Å². The topological polar surface area (TPSA) is 67.5 Å². The first-order valence-corrected chi connectivity index (χ1v) is 6.51. The van der Waals surface area contributed by atoms with Crippen LogP contribution in [0.3, 0.4) is 0 Å². The van der Waals surface area contributed by atoms with Crippen molar-refractivity contribution in [3.63, 3.8) is 0 Å². The van der Waals surface area contributed by atoms with Crippen LogP contribution in [0.15, 0.2) is 29.3 Å². The number of carbonyl (C=O) groups excluding carboxylic acids is 1. The average Bonchev–Trinajstić information content (AvgIpc) is 2.29. The van der Waals surface area contributed by atoms with Crippen LogP contribution in [-0.4, -0.2) is 22.9 Å². The van der Waals surface area contributed by atoms with Crippen molar-refractivity contribution in [2.24, 2.45) is 10.7 Å². The lowest BCUT2D eigenvalue weighted by atomic mass is 10.2. The van der Waals surface area contributed by atoms with Gasteiger partial charge in [-0.3, -0.25) is 9.79 Å². The monoisotopic (exact) mass is 249 g/mol. The quantitative estimate of drug-likeness (QED) is 0.843. The van der Waals surface area contributed by atoms with E-state index in [0.717, 1.165) is 23.0 Å². The minimum Gasteiger partial charge on any atom is -0.366 e. The largest absolute Gasteiger partial charge is 0.366 e. The van der Waals surface area contributed by atoms with E-state index in [2.05, 4.69) is 17.2 Å². The van der Waals surface area contributed by atoms with E-state index >= 15 is 0 Å². The third-order valence-electron chi connectivity index (χ3n) is 2.51. The summed E-state index contributed by atoms with van der Waals surface area (Å²) < 4.78 is 0. The number of rotatable bonds is 2. The van der Waals surface area contributed by atoms with Crippen LogP contribution < -0.4 is 11.1 Å². The van der Waals surface area contributed by atoms with E-state index in [4.69, 9.17) is 5.73 Å². The van der Waals surface area contributed by atoms with E-state index in [0.29, 0.717) is 11.6 Å². The van der Waals surface area contributed by atoms with Gasteiger partial charge in [-0.1, -0.05) is 17.8 Å². The van der Waals surface area contributed by atoms with E-state index in [1.807, 2.05) is 6.07 Å². The van der Waals surface area contributed by atoms with Crippen LogP contribution in [0.1, 0.15) is 23.7 Å². The number of nitrogens with one attached hydrogen (secondary N) is 1. The molecule has 90 valence electrons. The van der Waals surface area contributed by atoms with E-state index in [1.165, 1.54) is 0 Å². The summed E-state index contributed by atoms with van der Waals surface area (Å²) in [5.41, 5.74) is 6.59. The van der Waals surface area contributed by atoms with E-state index < -0.39 is 5.91 Å². The summed E-state index contributed by atoms with van der Waals surface area (Å²) in [6.45, 7) is 2.10. The Morgan fingerprint density at radius 3 is 3.12 bits per heavy atom. The summed E-state index contributed by atoms with van der Waals surface area (Å²) in [7, 11) is 0. The molecule has 0 aromatic heterocycles. The zero-order valence-electron chi connectivity index (χ0n) is 9.64. The normalized spacial score (nSPS) is 19.6. The molecule has 2 rings (SSSR count). The summed E-state index contributed by atoms with van der Waals surface area (Å²) in [6, 6.07) is 7.50. The second-order valence-corrected chi connectivity index (χ2v) is 5.07. The van der Waals surface area contributed by atoms with Crippen molar-refractivity contribution >= 4 is 28.5 Å². The predicted octanol–water partition coefficient (Wildman–Crippen LogP) is 2.08. The second-order valence-electron chi connectivity index (χ2n) is 3.99. The molecule has 1 aliphatic rings. The van der Waals surface area contributed by atoms with Gasteiger partial charge < -0.3 is 11.1 Å². The van der Waals surface area contributed by atoms with Gasteiger partial charge in [0.2, 0.25) is 5.91 Å². The molecule has 1 amide bonds. The number of hydrogen-bond acceptors (Lipinski definition) is 4. The number of hydrogen-bond donors (Lipinski definition) is 2. The molecule has 1 aromatic rings. The first-order chi connectivity index (χ1) is 8.15. The molecule has 4 nitrogen and oxygen atoms in total. The molecule has 3 N–H and O–H groups in total. The van der Waals surface area contributed by atoms with Crippen molar-refractivity contribution in [1.82, 2.24) is 0 Å². The second kappa shape index (κ2) is 5.23. The Labute approximate surface area is 105 Å². The van der Waals surface area contributed by atoms with Gasteiger partial charge >= 0.3 is 0 Å². The molecule has 1 heterocycles. The number of primary amides is 1. The van der Waals surface area contributed by atoms with Gasteiger partial charge in [0.1, 0.15) is 0 Å². The Bertz CT molecular complexity index is 459. The Morgan fingerprint density at radius 1 is 1.59 bits per heavy atom. The molecule has 0 saturated heterocycles. The lowest BCUT2D eigenvalue weighted by Crippen LogP contribution is -2.18. The van der Waals surface area contributed by atoms with Crippen molar-refractivity contribution in [1.29, 1.82) is 0 Å². The van der Waals surface area contributed by atoms with Crippen LogP contribution in [0.5, 0.6) is 0 Å². The number of amides is 1. The summed E-state index contributed by atoms with van der Waals surface area (Å²) in [5, 5.41) is 4.12. The Balaban J connectivity index is 2.13. The van der Waals surface area contributed by atoms with Crippen molar-refractivity contribution in [3.8, 4) is 0 Å². The molecule has 0 fully saturated rings. The minimum absolute atomic E-state index is 0.359. The number of amidine groups is 1. The van der Waals surface area contributed by atoms with Crippen molar-refractivity contribution in [2.45, 2.75) is 19.4 Å². The molecule has 0 spiro atoms. The van der Waals surface area contributed by atoms with E-state index in [1.54, 1.807) is 30.0 Å². The average molecular weight is 249 g/mol. The smallest absolute Gasteiger partial charge is 0.248 e. The first-order valence-electron chi connectivity index (χ1n) is 5.52. The van der Waals surface area contributed by atoms with Crippen LogP contribution in [-0.2, 0) is 0 Å². The van der Waals surface area contributed by atoms with Gasteiger partial charge in [-0.15, -0.1) is 0 Å². The Morgan fingerprint density at radius 2 is 2.41 bits per heavy atom. The number of thioether (sulfide) groups is 1. The van der Waals surface area contributed by atoms with E-state index in [-0.39, 0.29) is 0 Å². The molecule has 0 bridgehead atoms. The van der Waals surface area contributed by atoms with E-state index in [9.17, 15) is 4.79 Å². The summed E-state index contributed by atoms with van der Waals surface area (Å²) >= 11 is 1.70. The standard InChI is InChI=1S/C12H15N3OS/c1-8-5-6-17-12(14-8)15-10-4-2-3-9(7-10)11(13)16/h2-4,7-8H,5-6H2,1H3,(H2,13,16)(H,14,15). The van der Waals surface area contributed by atoms with Gasteiger partial charge in [-0.05, 0) is 31.5 Å². The van der Waals surface area contributed by atoms with Crippen LogP contribution in [0.25, 0.3) is 0 Å². The van der Waals surface area contributed by atoms with Gasteiger partial charge in [-0.2, -0.15) is 0 Å². The highest BCUT2D eigenvalue weighted by Gasteiger charge is 2.11. The van der Waals surface area contributed by atoms with Gasteiger partial charge in [0.05, 0.1) is 6.04 Å². The Hall–Kier alpha value is -1.49. The molecule has 17 heavy (non-hydrogen) atoms. The number of carbonyl (C=O) groups is 1. The fourth-order valence-corrected chi connectivity index (χ4v) is 2.67. The third kappa shape index (κ3) is 3.23. The fourth-order valence-electron chi connectivity index (χ4n) is 1.57. The van der Waals surface area contributed by atoms with Gasteiger partial charge in [0.25, 0.3) is 0 Å². The molecule has 1 atom stereocenters. The van der Waals surface area contributed by atoms with Gasteiger partial charge in [0.15, 0.2) is 5.17 Å². The summed E-state index contributed by atoms with van der Waals surface area (Å²) in [4.78, 5) is 15.6. The molecule has 1 aromatic carbocycles.